The van der Waals surface area contributed by atoms with E-state index in [0.29, 0.717) is 162 Å². The third-order valence-electron chi connectivity index (χ3n) is 9.35. The first kappa shape index (κ1) is 57.5. The number of amidine groups is 1. The van der Waals surface area contributed by atoms with Gasteiger partial charge in [0.1, 0.15) is 18.1 Å². The van der Waals surface area contributed by atoms with E-state index < -0.39 is 17.7 Å². The molecule has 0 aliphatic carbocycles. The number of aromatic nitrogens is 1. The van der Waals surface area contributed by atoms with Crippen LogP contribution in [0, 0.1) is 0 Å². The second-order valence-electron chi connectivity index (χ2n) is 14.7. The molecule has 0 atom stereocenters. The molecule has 3 rings (SSSR count). The van der Waals surface area contributed by atoms with Gasteiger partial charge in [-0.1, -0.05) is 6.92 Å². The molecule has 0 unspecified atom stereocenters. The maximum Gasteiger partial charge on any atom is 0.273 e. The summed E-state index contributed by atoms with van der Waals surface area (Å²) in [6.45, 7) is 13.0. The lowest BCUT2D eigenvalue weighted by Crippen LogP contribution is -2.41. The maximum atomic E-state index is 13.1. The lowest BCUT2D eigenvalue weighted by atomic mass is 10.1. The molecular formula is C45H71N7O16. The van der Waals surface area contributed by atoms with E-state index in [4.69, 9.17) is 57.9 Å². The Morgan fingerprint density at radius 3 is 1.57 bits per heavy atom. The highest BCUT2D eigenvalue weighted by atomic mass is 16.7. The minimum atomic E-state index is -0.499. The molecule has 0 radical (unpaired) electrons. The van der Waals surface area contributed by atoms with Gasteiger partial charge in [0, 0.05) is 62.6 Å². The number of nitrogens with one attached hydrogen (secondary N) is 1. The summed E-state index contributed by atoms with van der Waals surface area (Å²) >= 11 is 0. The zero-order chi connectivity index (χ0) is 49.0. The summed E-state index contributed by atoms with van der Waals surface area (Å²) in [4.78, 5) is 77.6. The van der Waals surface area contributed by atoms with Crippen molar-refractivity contribution in [2.75, 3.05) is 172 Å². The van der Waals surface area contributed by atoms with Crippen molar-refractivity contribution in [1.29, 1.82) is 0 Å². The van der Waals surface area contributed by atoms with Gasteiger partial charge in [-0.3, -0.25) is 38.7 Å². The topological polar surface area (TPSA) is 260 Å². The number of rotatable bonds is 41. The average Bonchev–Trinajstić information content (AvgIpc) is 3.53. The highest BCUT2D eigenvalue weighted by molar-refractivity contribution is 6.14. The van der Waals surface area contributed by atoms with Crippen LogP contribution in [0.25, 0.3) is 6.08 Å². The van der Waals surface area contributed by atoms with Crippen LogP contribution in [-0.4, -0.2) is 227 Å². The van der Waals surface area contributed by atoms with Gasteiger partial charge in [0.2, 0.25) is 5.91 Å². The van der Waals surface area contributed by atoms with E-state index in [1.165, 1.54) is 16.2 Å². The van der Waals surface area contributed by atoms with Crippen LogP contribution in [-0.2, 0) is 71.4 Å². The Morgan fingerprint density at radius 1 is 0.662 bits per heavy atom. The molecule has 0 bridgehead atoms. The number of carbonyl (C=O) groups is 5. The molecule has 2 aliphatic rings. The number of nitrogens with two attached hydrogens (primary N) is 1. The van der Waals surface area contributed by atoms with Gasteiger partial charge in [0.05, 0.1) is 144 Å². The van der Waals surface area contributed by atoms with Gasteiger partial charge in [-0.2, -0.15) is 0 Å². The van der Waals surface area contributed by atoms with Crippen molar-refractivity contribution in [3.8, 4) is 0 Å². The molecule has 23 nitrogen and oxygen atoms in total. The SMILES string of the molecule is CCCN(OCC)C(=O)C1=Cc2cnc(C(=O)N(C)CCOCCOCCOCCOCCOCCOCCOCCOCCOCCOCCNC(=O)CN3C(=O)C=CC3=O)cc2N=C(N)C1. The van der Waals surface area contributed by atoms with Crippen LogP contribution < -0.4 is 11.1 Å². The summed E-state index contributed by atoms with van der Waals surface area (Å²) in [5.41, 5.74) is 7.83. The molecule has 68 heavy (non-hydrogen) atoms. The third-order valence-corrected chi connectivity index (χ3v) is 9.35. The number of hydroxylamine groups is 2. The molecule has 5 amide bonds. The average molecular weight is 966 g/mol. The van der Waals surface area contributed by atoms with Crippen molar-refractivity contribution in [1.82, 2.24) is 25.2 Å². The van der Waals surface area contributed by atoms with E-state index in [1.807, 2.05) is 13.8 Å². The summed E-state index contributed by atoms with van der Waals surface area (Å²) in [7, 11) is 1.67. The molecule has 0 aromatic carbocycles. The van der Waals surface area contributed by atoms with Crippen LogP contribution in [0.3, 0.4) is 0 Å². The number of pyridine rings is 1. The van der Waals surface area contributed by atoms with E-state index in [-0.39, 0.29) is 49.5 Å². The zero-order valence-electron chi connectivity index (χ0n) is 39.8. The second kappa shape index (κ2) is 36.2. The fraction of sp³-hybridized carbons (Fsp3) is 0.667. The molecule has 1 aromatic rings. The third kappa shape index (κ3) is 24.5. The number of hydrogen-bond donors (Lipinski definition) is 2. The minimum Gasteiger partial charge on any atom is -0.387 e. The Hall–Kier alpha value is -4.79. The predicted molar refractivity (Wildman–Crippen MR) is 246 cm³/mol. The van der Waals surface area contributed by atoms with Crippen molar-refractivity contribution in [3.05, 3.63) is 41.2 Å². The second-order valence-corrected chi connectivity index (χ2v) is 14.7. The fourth-order valence-corrected chi connectivity index (χ4v) is 5.92. The highest BCUT2D eigenvalue weighted by Crippen LogP contribution is 2.28. The number of amides is 5. The maximum absolute atomic E-state index is 13.1. The van der Waals surface area contributed by atoms with Crippen LogP contribution in [0.1, 0.15) is 42.7 Å². The number of imide groups is 1. The first-order valence-corrected chi connectivity index (χ1v) is 23.0. The highest BCUT2D eigenvalue weighted by Gasteiger charge is 2.26. The van der Waals surface area contributed by atoms with E-state index in [2.05, 4.69) is 15.3 Å². The van der Waals surface area contributed by atoms with Crippen molar-refractivity contribution in [2.45, 2.75) is 26.7 Å². The van der Waals surface area contributed by atoms with E-state index in [9.17, 15) is 24.0 Å². The normalized spacial score (nSPS) is 13.4. The van der Waals surface area contributed by atoms with Gasteiger partial charge in [0.15, 0.2) is 0 Å². The Kier molecular flexibility index (Phi) is 30.6. The number of ether oxygens (including phenoxy) is 10. The first-order chi connectivity index (χ1) is 33.1. The standard InChI is InChI=1S/C45H71N7O16/c1-4-9-52(68-5-2)44(56)36-31-37-34-48-39(33-38(37)49-40(46)32-36)45(57)50(3)10-12-59-14-16-61-18-20-63-22-24-65-26-28-67-30-29-66-27-25-64-23-21-62-19-17-60-15-13-58-11-8-47-41(53)35-51-42(54)6-7-43(51)55/h6-7,31,33-34H,4-5,8-30,32,35H2,1-3H3,(H2,46,49)(H,47,53). The Balaban J connectivity index is 1.02. The fourth-order valence-electron chi connectivity index (χ4n) is 5.92. The number of likely N-dealkylation sites (N-methyl/N-ethyl adjacent to an activating group) is 1. The lowest BCUT2D eigenvalue weighted by molar-refractivity contribution is -0.180. The number of hydrogen-bond acceptors (Lipinski definition) is 19. The van der Waals surface area contributed by atoms with Crippen molar-refractivity contribution in [3.63, 3.8) is 0 Å². The summed E-state index contributed by atoms with van der Waals surface area (Å²) < 4.78 is 55.0. The van der Waals surface area contributed by atoms with Gasteiger partial charge in [0.25, 0.3) is 23.6 Å². The Labute approximate surface area is 398 Å². The molecule has 382 valence electrons. The number of fused-ring (bicyclic) bond motifs is 1. The number of aliphatic imine (C=N–C) groups is 1. The van der Waals surface area contributed by atoms with E-state index in [0.717, 1.165) is 23.5 Å². The van der Waals surface area contributed by atoms with Crippen LogP contribution in [0.4, 0.5) is 5.69 Å². The molecule has 2 aliphatic heterocycles. The summed E-state index contributed by atoms with van der Waals surface area (Å²) in [6.07, 6.45) is 6.36. The van der Waals surface area contributed by atoms with Gasteiger partial charge < -0.3 is 63.3 Å². The number of nitrogens with zero attached hydrogens (tertiary/aromatic N) is 5. The van der Waals surface area contributed by atoms with Gasteiger partial charge in [-0.25, -0.2) is 10.1 Å². The van der Waals surface area contributed by atoms with Crippen LogP contribution in [0.15, 0.2) is 35.0 Å². The number of carbonyl (C=O) groups excluding carboxylic acids is 5. The molecule has 1 aromatic heterocycles. The lowest BCUT2D eigenvalue weighted by Gasteiger charge is -2.21. The zero-order valence-corrected chi connectivity index (χ0v) is 39.8. The quantitative estimate of drug-likeness (QED) is 0.0509. The predicted octanol–water partition coefficient (Wildman–Crippen LogP) is 0.327. The van der Waals surface area contributed by atoms with Crippen molar-refractivity contribution in [2.24, 2.45) is 10.7 Å². The molecule has 0 saturated heterocycles. The molecule has 3 N–H and O–H groups in total. The van der Waals surface area contributed by atoms with Gasteiger partial charge in [-0.05, 0) is 25.5 Å². The largest absolute Gasteiger partial charge is 0.387 e. The smallest absolute Gasteiger partial charge is 0.273 e. The molecule has 23 heteroatoms. The van der Waals surface area contributed by atoms with Crippen molar-refractivity contribution >= 4 is 47.1 Å². The molecule has 3 heterocycles. The summed E-state index contributed by atoms with van der Waals surface area (Å²) in [5.74, 6) is -1.76. The summed E-state index contributed by atoms with van der Waals surface area (Å²) in [5, 5.41) is 3.92. The molecule has 0 spiro atoms. The van der Waals surface area contributed by atoms with E-state index in [1.54, 1.807) is 19.2 Å². The van der Waals surface area contributed by atoms with E-state index >= 15 is 0 Å². The van der Waals surface area contributed by atoms with Gasteiger partial charge in [-0.15, -0.1) is 0 Å². The van der Waals surface area contributed by atoms with Gasteiger partial charge >= 0.3 is 0 Å². The van der Waals surface area contributed by atoms with Crippen LogP contribution in [0.5, 0.6) is 0 Å². The minimum absolute atomic E-state index is 0.150. The van der Waals surface area contributed by atoms with Crippen LogP contribution >= 0.6 is 0 Å². The molecule has 0 saturated carbocycles. The first-order valence-electron chi connectivity index (χ1n) is 23.0. The molecule has 0 fully saturated rings. The Bertz CT molecular complexity index is 1730. The molecular weight excluding hydrogens is 895 g/mol. The Morgan fingerprint density at radius 2 is 1.12 bits per heavy atom. The van der Waals surface area contributed by atoms with Crippen molar-refractivity contribution < 1.29 is 76.2 Å². The monoisotopic (exact) mass is 965 g/mol. The summed E-state index contributed by atoms with van der Waals surface area (Å²) in [6, 6.07) is 1.57. The van der Waals surface area contributed by atoms with Crippen LogP contribution in [0.2, 0.25) is 0 Å².